The van der Waals surface area contributed by atoms with Crippen LogP contribution in [0.5, 0.6) is 0 Å². The highest BCUT2D eigenvalue weighted by atomic mass is 32.2. The van der Waals surface area contributed by atoms with E-state index in [1.54, 1.807) is 31.2 Å². The van der Waals surface area contributed by atoms with Gasteiger partial charge in [-0.25, -0.2) is 8.42 Å². The number of hydrogen-bond donors (Lipinski definition) is 0. The zero-order chi connectivity index (χ0) is 16.8. The molecule has 1 fully saturated rings. The molecule has 0 saturated carbocycles. The lowest BCUT2D eigenvalue weighted by Crippen LogP contribution is -2.54. The second-order valence-corrected chi connectivity index (χ2v) is 8.93. The molecule has 1 aliphatic heterocycles. The predicted molar refractivity (Wildman–Crippen MR) is 83.9 cm³/mol. The normalized spacial score (nSPS) is 27.0. The Morgan fingerprint density at radius 3 is 2.27 bits per heavy atom. The quantitative estimate of drug-likeness (QED) is 0.800. The molecular weight excluding hydrogens is 302 g/mol. The van der Waals surface area contributed by atoms with Gasteiger partial charge < -0.3 is 9.53 Å². The van der Waals surface area contributed by atoms with Crippen molar-refractivity contribution >= 4 is 16.3 Å². The molecule has 0 amide bonds. The van der Waals surface area contributed by atoms with Crippen molar-refractivity contribution in [3.05, 3.63) is 29.8 Å². The first kappa shape index (κ1) is 17.1. The van der Waals surface area contributed by atoms with Crippen LogP contribution in [0.1, 0.15) is 33.3 Å². The Labute approximate surface area is 132 Å². The van der Waals surface area contributed by atoms with E-state index in [0.29, 0.717) is 6.29 Å². The second kappa shape index (κ2) is 5.44. The van der Waals surface area contributed by atoms with Crippen LogP contribution in [0.4, 0.5) is 0 Å². The van der Waals surface area contributed by atoms with E-state index in [1.165, 1.54) is 4.31 Å². The fraction of sp³-hybridized carbons (Fsp3) is 0.562. The monoisotopic (exact) mass is 325 g/mol. The molecule has 1 heterocycles. The van der Waals surface area contributed by atoms with Crippen LogP contribution in [0, 0.1) is 12.3 Å². The van der Waals surface area contributed by atoms with Crippen molar-refractivity contribution in [1.82, 2.24) is 4.31 Å². The fourth-order valence-electron chi connectivity index (χ4n) is 2.56. The van der Waals surface area contributed by atoms with E-state index in [9.17, 15) is 13.2 Å². The lowest BCUT2D eigenvalue weighted by Gasteiger charge is -2.37. The average molecular weight is 325 g/mol. The first-order valence-electron chi connectivity index (χ1n) is 7.21. The van der Waals surface area contributed by atoms with Crippen LogP contribution in [0.15, 0.2) is 29.2 Å². The van der Waals surface area contributed by atoms with Gasteiger partial charge in [-0.3, -0.25) is 0 Å². The standard InChI is InChI=1S/C16H23NO4S/c1-12-6-8-13(9-7-12)22(19,20)17-14(15(2,3)4)21-11-16(17,5)10-18/h6-10,14H,11H2,1-5H3. The molecule has 2 rings (SSSR count). The molecular formula is C16H23NO4S. The van der Waals surface area contributed by atoms with Crippen LogP contribution in [0.25, 0.3) is 0 Å². The van der Waals surface area contributed by atoms with Crippen LogP contribution in [-0.4, -0.2) is 37.4 Å². The Kier molecular flexibility index (Phi) is 4.23. The summed E-state index contributed by atoms with van der Waals surface area (Å²) < 4.78 is 33.0. The van der Waals surface area contributed by atoms with Gasteiger partial charge in [0, 0.05) is 5.41 Å². The fourth-order valence-corrected chi connectivity index (χ4v) is 4.54. The summed E-state index contributed by atoms with van der Waals surface area (Å²) in [6, 6.07) is 6.62. The number of nitrogens with zero attached hydrogens (tertiary/aromatic N) is 1. The first-order chi connectivity index (χ1) is 10.0. The summed E-state index contributed by atoms with van der Waals surface area (Å²) in [6.07, 6.45) is -0.0289. The van der Waals surface area contributed by atoms with Gasteiger partial charge in [0.1, 0.15) is 18.1 Å². The predicted octanol–water partition coefficient (Wildman–Crippen LogP) is 2.35. The number of sulfonamides is 1. The summed E-state index contributed by atoms with van der Waals surface area (Å²) in [6.45, 7) is 9.23. The van der Waals surface area contributed by atoms with Gasteiger partial charge >= 0.3 is 0 Å². The number of aldehydes is 1. The minimum Gasteiger partial charge on any atom is -0.359 e. The molecule has 0 aromatic heterocycles. The van der Waals surface area contributed by atoms with Crippen molar-refractivity contribution < 1.29 is 17.9 Å². The highest BCUT2D eigenvalue weighted by Gasteiger charge is 2.54. The maximum absolute atomic E-state index is 13.1. The zero-order valence-electron chi connectivity index (χ0n) is 13.7. The van der Waals surface area contributed by atoms with E-state index in [-0.39, 0.29) is 11.5 Å². The molecule has 0 bridgehead atoms. The highest BCUT2D eigenvalue weighted by Crippen LogP contribution is 2.40. The number of ether oxygens (including phenoxy) is 1. The molecule has 1 aliphatic rings. The third kappa shape index (κ3) is 2.83. The largest absolute Gasteiger partial charge is 0.359 e. The molecule has 1 saturated heterocycles. The van der Waals surface area contributed by atoms with Crippen LogP contribution in [-0.2, 0) is 19.6 Å². The number of carbonyl (C=O) groups excluding carboxylic acids is 1. The number of hydrogen-bond acceptors (Lipinski definition) is 4. The number of rotatable bonds is 3. The van der Waals surface area contributed by atoms with E-state index >= 15 is 0 Å². The van der Waals surface area contributed by atoms with Gasteiger partial charge in [0.15, 0.2) is 0 Å². The third-order valence-corrected chi connectivity index (χ3v) is 5.82. The smallest absolute Gasteiger partial charge is 0.246 e. The topological polar surface area (TPSA) is 63.7 Å². The van der Waals surface area contributed by atoms with Crippen LogP contribution in [0.2, 0.25) is 0 Å². The van der Waals surface area contributed by atoms with E-state index in [2.05, 4.69) is 0 Å². The van der Waals surface area contributed by atoms with Crippen molar-refractivity contribution in [3.8, 4) is 0 Å². The Hall–Kier alpha value is -1.24. The van der Waals surface area contributed by atoms with Crippen molar-refractivity contribution in [2.75, 3.05) is 6.61 Å². The Balaban J connectivity index is 2.57. The summed E-state index contributed by atoms with van der Waals surface area (Å²) in [5.41, 5.74) is -0.664. The molecule has 22 heavy (non-hydrogen) atoms. The number of carbonyl (C=O) groups is 1. The lowest BCUT2D eigenvalue weighted by molar-refractivity contribution is -0.114. The first-order valence-corrected chi connectivity index (χ1v) is 8.65. The van der Waals surface area contributed by atoms with Crippen LogP contribution in [0.3, 0.4) is 0 Å². The molecule has 0 N–H and O–H groups in total. The molecule has 6 heteroatoms. The maximum Gasteiger partial charge on any atom is 0.246 e. The van der Waals surface area contributed by atoms with Crippen molar-refractivity contribution in [1.29, 1.82) is 0 Å². The van der Waals surface area contributed by atoms with Gasteiger partial charge in [0.2, 0.25) is 10.0 Å². The third-order valence-electron chi connectivity index (χ3n) is 3.82. The minimum absolute atomic E-state index is 0.0591. The van der Waals surface area contributed by atoms with Gasteiger partial charge in [0.05, 0.1) is 11.5 Å². The Morgan fingerprint density at radius 1 is 1.27 bits per heavy atom. The summed E-state index contributed by atoms with van der Waals surface area (Å²) in [5.74, 6) is 0. The summed E-state index contributed by atoms with van der Waals surface area (Å²) in [4.78, 5) is 11.7. The molecule has 0 radical (unpaired) electrons. The minimum atomic E-state index is -3.83. The lowest BCUT2D eigenvalue weighted by atomic mass is 9.93. The van der Waals surface area contributed by atoms with Crippen molar-refractivity contribution in [3.63, 3.8) is 0 Å². The average Bonchev–Trinajstić information content (AvgIpc) is 2.78. The van der Waals surface area contributed by atoms with E-state index in [4.69, 9.17) is 4.74 Å². The Morgan fingerprint density at radius 2 is 1.82 bits per heavy atom. The van der Waals surface area contributed by atoms with E-state index < -0.39 is 27.2 Å². The summed E-state index contributed by atoms with van der Waals surface area (Å²) >= 11 is 0. The number of benzene rings is 1. The van der Waals surface area contributed by atoms with Gasteiger partial charge in [-0.05, 0) is 26.0 Å². The van der Waals surface area contributed by atoms with E-state index in [0.717, 1.165) is 5.56 Å². The molecule has 1 aromatic carbocycles. The molecule has 2 atom stereocenters. The van der Waals surface area contributed by atoms with E-state index in [1.807, 2.05) is 27.7 Å². The SMILES string of the molecule is Cc1ccc(S(=O)(=O)N2C(C(C)(C)C)OCC2(C)C=O)cc1. The van der Waals surface area contributed by atoms with Gasteiger partial charge in [0.25, 0.3) is 0 Å². The second-order valence-electron chi connectivity index (χ2n) is 7.12. The summed E-state index contributed by atoms with van der Waals surface area (Å²) in [7, 11) is -3.83. The molecule has 5 nitrogen and oxygen atoms in total. The van der Waals surface area contributed by atoms with Crippen molar-refractivity contribution in [2.45, 2.75) is 51.3 Å². The van der Waals surface area contributed by atoms with Gasteiger partial charge in [-0.1, -0.05) is 38.5 Å². The molecule has 2 unspecified atom stereocenters. The van der Waals surface area contributed by atoms with Gasteiger partial charge in [-0.2, -0.15) is 4.31 Å². The number of aryl methyl sites for hydroxylation is 1. The van der Waals surface area contributed by atoms with Crippen molar-refractivity contribution in [2.24, 2.45) is 5.41 Å². The summed E-state index contributed by atoms with van der Waals surface area (Å²) in [5, 5.41) is 0. The highest BCUT2D eigenvalue weighted by molar-refractivity contribution is 7.89. The molecule has 122 valence electrons. The zero-order valence-corrected chi connectivity index (χ0v) is 14.5. The van der Waals surface area contributed by atoms with Gasteiger partial charge in [-0.15, -0.1) is 0 Å². The maximum atomic E-state index is 13.1. The molecule has 0 spiro atoms. The Bertz CT molecular complexity index is 660. The molecule has 1 aromatic rings. The van der Waals surface area contributed by atoms with Crippen LogP contribution < -0.4 is 0 Å². The molecule has 0 aliphatic carbocycles. The van der Waals surface area contributed by atoms with Crippen LogP contribution >= 0.6 is 0 Å².